The molecule has 4 rings (SSSR count). The first-order chi connectivity index (χ1) is 13.9. The standard InChI is InChI=1S/C21H26N4O3S/c1-15-6-7-16(2)19(13-15)29(26,27)24-10-8-17(14-24)20-23-18-5-4-9-22-21(18)25(20)11-12-28-3/h4-7,9,13,17H,8,10-12,14H2,1-3H3/t17-/m0/s1. The zero-order valence-corrected chi connectivity index (χ0v) is 17.8. The number of aryl methyl sites for hydroxylation is 2. The third-order valence-electron chi connectivity index (χ3n) is 5.53. The highest BCUT2D eigenvalue weighted by atomic mass is 32.2. The minimum Gasteiger partial charge on any atom is -0.383 e. The highest BCUT2D eigenvalue weighted by molar-refractivity contribution is 7.89. The molecule has 0 spiro atoms. The zero-order chi connectivity index (χ0) is 20.6. The van der Waals surface area contributed by atoms with Crippen LogP contribution in [0.15, 0.2) is 41.4 Å². The van der Waals surface area contributed by atoms with Crippen LogP contribution in [0.5, 0.6) is 0 Å². The van der Waals surface area contributed by atoms with Crippen molar-refractivity contribution in [1.82, 2.24) is 18.8 Å². The van der Waals surface area contributed by atoms with Gasteiger partial charge in [0.25, 0.3) is 0 Å². The molecule has 29 heavy (non-hydrogen) atoms. The van der Waals surface area contributed by atoms with Crippen molar-refractivity contribution >= 4 is 21.2 Å². The molecule has 2 aromatic heterocycles. The summed E-state index contributed by atoms with van der Waals surface area (Å²) in [5, 5.41) is 0. The van der Waals surface area contributed by atoms with E-state index in [-0.39, 0.29) is 5.92 Å². The quantitative estimate of drug-likeness (QED) is 0.620. The van der Waals surface area contributed by atoms with Crippen molar-refractivity contribution in [2.45, 2.75) is 37.6 Å². The summed E-state index contributed by atoms with van der Waals surface area (Å²) in [5.41, 5.74) is 3.36. The van der Waals surface area contributed by atoms with Crippen molar-refractivity contribution in [3.63, 3.8) is 0 Å². The fourth-order valence-corrected chi connectivity index (χ4v) is 5.78. The minimum absolute atomic E-state index is 0.0287. The summed E-state index contributed by atoms with van der Waals surface area (Å²) >= 11 is 0. The van der Waals surface area contributed by atoms with Crippen LogP contribution in [0.25, 0.3) is 11.2 Å². The fraction of sp³-hybridized carbons (Fsp3) is 0.429. The van der Waals surface area contributed by atoms with E-state index >= 15 is 0 Å². The SMILES string of the molecule is COCCn1c([C@H]2CCN(S(=O)(=O)c3cc(C)ccc3C)C2)nc2cccnc21. The van der Waals surface area contributed by atoms with E-state index < -0.39 is 10.0 Å². The molecule has 0 saturated carbocycles. The van der Waals surface area contributed by atoms with Gasteiger partial charge in [0.2, 0.25) is 10.0 Å². The predicted octanol–water partition coefficient (Wildman–Crippen LogP) is 2.87. The fourth-order valence-electron chi connectivity index (χ4n) is 3.97. The van der Waals surface area contributed by atoms with E-state index in [0.717, 1.165) is 34.5 Å². The molecule has 8 heteroatoms. The number of ether oxygens (including phenoxy) is 1. The molecule has 1 atom stereocenters. The van der Waals surface area contributed by atoms with Gasteiger partial charge in [-0.25, -0.2) is 18.4 Å². The lowest BCUT2D eigenvalue weighted by atomic mass is 10.1. The first-order valence-corrected chi connectivity index (χ1v) is 11.2. The number of methoxy groups -OCH3 is 1. The maximum atomic E-state index is 13.3. The van der Waals surface area contributed by atoms with Crippen molar-refractivity contribution in [1.29, 1.82) is 0 Å². The Labute approximate surface area is 171 Å². The van der Waals surface area contributed by atoms with Gasteiger partial charge in [-0.2, -0.15) is 4.31 Å². The average molecular weight is 415 g/mol. The Morgan fingerprint density at radius 1 is 1.24 bits per heavy atom. The molecule has 1 aliphatic rings. The molecular weight excluding hydrogens is 388 g/mol. The van der Waals surface area contributed by atoms with Crippen LogP contribution in [0.3, 0.4) is 0 Å². The Hall–Kier alpha value is -2.29. The second kappa shape index (κ2) is 7.85. The van der Waals surface area contributed by atoms with Crippen LogP contribution in [0, 0.1) is 13.8 Å². The largest absolute Gasteiger partial charge is 0.383 e. The Bertz CT molecular complexity index is 1140. The Morgan fingerprint density at radius 3 is 2.86 bits per heavy atom. The summed E-state index contributed by atoms with van der Waals surface area (Å²) in [7, 11) is -1.87. The zero-order valence-electron chi connectivity index (χ0n) is 17.0. The van der Waals surface area contributed by atoms with Crippen LogP contribution in [0.4, 0.5) is 0 Å². The van der Waals surface area contributed by atoms with E-state index in [0.29, 0.717) is 31.1 Å². The smallest absolute Gasteiger partial charge is 0.243 e. The molecule has 0 aliphatic carbocycles. The number of rotatable bonds is 6. The van der Waals surface area contributed by atoms with E-state index in [4.69, 9.17) is 9.72 Å². The third-order valence-corrected chi connectivity index (χ3v) is 7.54. The van der Waals surface area contributed by atoms with Crippen molar-refractivity contribution in [3.05, 3.63) is 53.5 Å². The molecule has 3 heterocycles. The Balaban J connectivity index is 1.66. The molecule has 154 valence electrons. The predicted molar refractivity (Wildman–Crippen MR) is 111 cm³/mol. The summed E-state index contributed by atoms with van der Waals surface area (Å²) in [5.74, 6) is 0.912. The van der Waals surface area contributed by atoms with Gasteiger partial charge in [-0.15, -0.1) is 0 Å². The second-order valence-corrected chi connectivity index (χ2v) is 9.48. The van der Waals surface area contributed by atoms with Crippen LogP contribution < -0.4 is 0 Å². The molecule has 0 bridgehead atoms. The van der Waals surface area contributed by atoms with Crippen LogP contribution in [0.1, 0.15) is 29.3 Å². The van der Waals surface area contributed by atoms with Gasteiger partial charge in [-0.1, -0.05) is 12.1 Å². The topological polar surface area (TPSA) is 77.3 Å². The highest BCUT2D eigenvalue weighted by Crippen LogP contribution is 2.33. The molecule has 0 N–H and O–H groups in total. The van der Waals surface area contributed by atoms with Gasteiger partial charge in [-0.05, 0) is 49.6 Å². The van der Waals surface area contributed by atoms with Crippen molar-refractivity contribution in [2.24, 2.45) is 0 Å². The number of imidazole rings is 1. The van der Waals surface area contributed by atoms with Crippen molar-refractivity contribution in [2.75, 3.05) is 26.8 Å². The summed E-state index contributed by atoms with van der Waals surface area (Å²) in [4.78, 5) is 9.66. The Morgan fingerprint density at radius 2 is 2.07 bits per heavy atom. The molecule has 0 radical (unpaired) electrons. The number of nitrogens with zero attached hydrogens (tertiary/aromatic N) is 4. The van der Waals surface area contributed by atoms with Crippen LogP contribution in [0.2, 0.25) is 0 Å². The summed E-state index contributed by atoms with van der Waals surface area (Å²) in [6.45, 7) is 5.85. The van der Waals surface area contributed by atoms with E-state index in [9.17, 15) is 8.42 Å². The number of aromatic nitrogens is 3. The molecule has 1 saturated heterocycles. The summed E-state index contributed by atoms with van der Waals surface area (Å²) in [6, 6.07) is 9.37. The van der Waals surface area contributed by atoms with E-state index in [2.05, 4.69) is 9.55 Å². The number of hydrogen-bond donors (Lipinski definition) is 0. The lowest BCUT2D eigenvalue weighted by Gasteiger charge is -2.19. The molecule has 0 amide bonds. The molecular formula is C21H26N4O3S. The van der Waals surface area contributed by atoms with Crippen molar-refractivity contribution in [3.8, 4) is 0 Å². The molecule has 3 aromatic rings. The molecule has 0 unspecified atom stereocenters. The Kier molecular flexibility index (Phi) is 5.42. The van der Waals surface area contributed by atoms with Crippen LogP contribution in [-0.4, -0.2) is 54.1 Å². The molecule has 7 nitrogen and oxygen atoms in total. The van der Waals surface area contributed by atoms with Gasteiger partial charge in [0.15, 0.2) is 5.65 Å². The highest BCUT2D eigenvalue weighted by Gasteiger charge is 2.36. The number of benzene rings is 1. The second-order valence-electron chi connectivity index (χ2n) is 7.58. The van der Waals surface area contributed by atoms with Crippen LogP contribution >= 0.6 is 0 Å². The first kappa shape index (κ1) is 20.0. The van der Waals surface area contributed by atoms with Gasteiger partial charge in [0.1, 0.15) is 11.3 Å². The van der Waals surface area contributed by atoms with E-state index in [1.807, 2.05) is 38.1 Å². The molecule has 1 aromatic carbocycles. The monoisotopic (exact) mass is 414 g/mol. The van der Waals surface area contributed by atoms with Gasteiger partial charge < -0.3 is 9.30 Å². The number of fused-ring (bicyclic) bond motifs is 1. The normalized spacial score (nSPS) is 18.0. The summed E-state index contributed by atoms with van der Waals surface area (Å²) in [6.07, 6.45) is 2.49. The van der Waals surface area contributed by atoms with E-state index in [1.165, 1.54) is 0 Å². The van der Waals surface area contributed by atoms with E-state index in [1.54, 1.807) is 23.7 Å². The van der Waals surface area contributed by atoms with Crippen molar-refractivity contribution < 1.29 is 13.2 Å². The third kappa shape index (κ3) is 3.68. The minimum atomic E-state index is -3.54. The average Bonchev–Trinajstić information content (AvgIpc) is 3.33. The number of sulfonamides is 1. The maximum Gasteiger partial charge on any atom is 0.243 e. The van der Waals surface area contributed by atoms with Crippen LogP contribution in [-0.2, 0) is 21.3 Å². The summed E-state index contributed by atoms with van der Waals surface area (Å²) < 4.78 is 35.5. The molecule has 1 aliphatic heterocycles. The lowest BCUT2D eigenvalue weighted by Crippen LogP contribution is -2.29. The molecule has 1 fully saturated rings. The maximum absolute atomic E-state index is 13.3. The van der Waals surface area contributed by atoms with Gasteiger partial charge in [0, 0.05) is 38.9 Å². The van der Waals surface area contributed by atoms with Gasteiger partial charge >= 0.3 is 0 Å². The lowest BCUT2D eigenvalue weighted by molar-refractivity contribution is 0.187. The van der Waals surface area contributed by atoms with Gasteiger partial charge in [0.05, 0.1) is 11.5 Å². The van der Waals surface area contributed by atoms with Gasteiger partial charge in [-0.3, -0.25) is 0 Å². The first-order valence-electron chi connectivity index (χ1n) is 9.79. The number of hydrogen-bond acceptors (Lipinski definition) is 5. The number of pyridine rings is 1.